The van der Waals surface area contributed by atoms with Gasteiger partial charge < -0.3 is 5.11 Å². The summed E-state index contributed by atoms with van der Waals surface area (Å²) >= 11 is 0. The first-order valence-electron chi connectivity index (χ1n) is 3.60. The number of para-hydroxylation sites is 1. The Morgan fingerprint density at radius 1 is 1.42 bits per heavy atom. The van der Waals surface area contributed by atoms with Crippen LogP contribution in [0.4, 0.5) is 5.69 Å². The van der Waals surface area contributed by atoms with Gasteiger partial charge in [0.15, 0.2) is 11.9 Å². The molecule has 12 heavy (non-hydrogen) atoms. The van der Waals surface area contributed by atoms with Gasteiger partial charge in [-0.2, -0.15) is 0 Å². The Labute approximate surface area is 69.4 Å². The van der Waals surface area contributed by atoms with Gasteiger partial charge >= 0.3 is 0 Å². The molecule has 0 saturated carbocycles. The number of hydrogen-bond donors (Lipinski definition) is 1. The zero-order valence-electron chi connectivity index (χ0n) is 6.27. The van der Waals surface area contributed by atoms with Gasteiger partial charge in [-0.15, -0.1) is 0 Å². The van der Waals surface area contributed by atoms with Crippen LogP contribution in [0.25, 0.3) is 0 Å². The lowest BCUT2D eigenvalue weighted by atomic mass is 9.98. The number of aldehydes is 1. The average Bonchev–Trinajstić information content (AvgIpc) is 2.46. The average molecular weight is 161 g/mol. The minimum atomic E-state index is -1.50. The Hall–Kier alpha value is -1.48. The molecule has 1 aromatic carbocycles. The van der Waals surface area contributed by atoms with Crippen LogP contribution in [-0.4, -0.2) is 17.6 Å². The maximum atomic E-state index is 10.6. The van der Waals surface area contributed by atoms with Crippen molar-refractivity contribution in [1.29, 1.82) is 0 Å². The summed E-state index contributed by atoms with van der Waals surface area (Å²) in [6, 6.07) is 7.03. The predicted molar refractivity (Wildman–Crippen MR) is 44.6 cm³/mol. The number of nitrogens with zero attached hydrogens (tertiary/aromatic N) is 1. The second-order valence-electron chi connectivity index (χ2n) is 2.72. The maximum Gasteiger partial charge on any atom is 0.182 e. The first kappa shape index (κ1) is 7.18. The van der Waals surface area contributed by atoms with Gasteiger partial charge in [0.25, 0.3) is 0 Å². The van der Waals surface area contributed by atoms with E-state index in [1.54, 1.807) is 18.2 Å². The van der Waals surface area contributed by atoms with E-state index in [0.717, 1.165) is 0 Å². The molecular weight excluding hydrogens is 154 g/mol. The first-order valence-corrected chi connectivity index (χ1v) is 3.60. The highest BCUT2D eigenvalue weighted by molar-refractivity contribution is 5.98. The summed E-state index contributed by atoms with van der Waals surface area (Å²) in [5.41, 5.74) is -0.288. The molecule has 1 aromatic rings. The number of rotatable bonds is 1. The summed E-state index contributed by atoms with van der Waals surface area (Å²) in [7, 11) is 0. The van der Waals surface area contributed by atoms with Crippen molar-refractivity contribution in [2.24, 2.45) is 4.99 Å². The summed E-state index contributed by atoms with van der Waals surface area (Å²) in [4.78, 5) is 14.5. The minimum absolute atomic E-state index is 0.488. The fourth-order valence-corrected chi connectivity index (χ4v) is 1.26. The van der Waals surface area contributed by atoms with E-state index in [1.165, 1.54) is 6.21 Å². The molecule has 60 valence electrons. The molecule has 0 aliphatic carbocycles. The van der Waals surface area contributed by atoms with Crippen LogP contribution in [-0.2, 0) is 10.4 Å². The maximum absolute atomic E-state index is 10.6. The van der Waals surface area contributed by atoms with Gasteiger partial charge in [0.1, 0.15) is 0 Å². The summed E-state index contributed by atoms with van der Waals surface area (Å²) < 4.78 is 0. The fourth-order valence-electron chi connectivity index (χ4n) is 1.26. The molecule has 0 spiro atoms. The molecule has 1 atom stereocenters. The summed E-state index contributed by atoms with van der Waals surface area (Å²) in [6.45, 7) is 0. The lowest BCUT2D eigenvalue weighted by Gasteiger charge is -2.11. The van der Waals surface area contributed by atoms with Crippen LogP contribution < -0.4 is 0 Å². The summed E-state index contributed by atoms with van der Waals surface area (Å²) in [6.07, 6.45) is 1.74. The van der Waals surface area contributed by atoms with E-state index in [4.69, 9.17) is 0 Å². The topological polar surface area (TPSA) is 49.7 Å². The number of carbonyl (C=O) groups is 1. The molecule has 0 aromatic heterocycles. The molecule has 0 bridgehead atoms. The Kier molecular flexibility index (Phi) is 1.35. The van der Waals surface area contributed by atoms with Crippen LogP contribution in [0.5, 0.6) is 0 Å². The van der Waals surface area contributed by atoms with Crippen LogP contribution in [0.3, 0.4) is 0 Å². The Bertz CT molecular complexity index is 359. The zero-order chi connectivity index (χ0) is 8.60. The van der Waals surface area contributed by atoms with Crippen molar-refractivity contribution in [2.45, 2.75) is 5.60 Å². The SMILES string of the molecule is O=CC1(O)C=Nc2ccccc21. The fraction of sp³-hybridized carbons (Fsp3) is 0.111. The van der Waals surface area contributed by atoms with Gasteiger partial charge in [-0.1, -0.05) is 18.2 Å². The molecule has 0 saturated heterocycles. The number of benzene rings is 1. The van der Waals surface area contributed by atoms with Crippen molar-refractivity contribution < 1.29 is 9.90 Å². The van der Waals surface area contributed by atoms with Gasteiger partial charge in [-0.3, -0.25) is 9.79 Å². The summed E-state index contributed by atoms with van der Waals surface area (Å²) in [5, 5.41) is 9.63. The molecule has 0 fully saturated rings. The molecule has 0 amide bonds. The Morgan fingerprint density at radius 3 is 2.92 bits per heavy atom. The number of carbonyl (C=O) groups excluding carboxylic acids is 1. The molecule has 3 nitrogen and oxygen atoms in total. The van der Waals surface area contributed by atoms with E-state index < -0.39 is 5.60 Å². The van der Waals surface area contributed by atoms with Crippen molar-refractivity contribution >= 4 is 18.2 Å². The minimum Gasteiger partial charge on any atom is -0.373 e. The third kappa shape index (κ3) is 0.801. The first-order chi connectivity index (χ1) is 5.76. The van der Waals surface area contributed by atoms with E-state index in [1.807, 2.05) is 6.07 Å². The molecule has 1 heterocycles. The van der Waals surface area contributed by atoms with E-state index in [9.17, 15) is 9.90 Å². The van der Waals surface area contributed by atoms with E-state index in [0.29, 0.717) is 17.5 Å². The molecule has 1 N–H and O–H groups in total. The zero-order valence-corrected chi connectivity index (χ0v) is 6.27. The number of fused-ring (bicyclic) bond motifs is 1. The van der Waals surface area contributed by atoms with Crippen molar-refractivity contribution in [3.05, 3.63) is 29.8 Å². The Balaban J connectivity index is 2.63. The largest absolute Gasteiger partial charge is 0.373 e. The van der Waals surface area contributed by atoms with E-state index >= 15 is 0 Å². The summed E-state index contributed by atoms with van der Waals surface area (Å²) in [5.74, 6) is 0. The third-order valence-corrected chi connectivity index (χ3v) is 1.92. The van der Waals surface area contributed by atoms with Crippen LogP contribution in [0, 0.1) is 0 Å². The predicted octanol–water partition coefficient (Wildman–Crippen LogP) is 0.789. The van der Waals surface area contributed by atoms with Crippen molar-refractivity contribution in [3.8, 4) is 0 Å². The molecule has 2 rings (SSSR count). The van der Waals surface area contributed by atoms with Crippen molar-refractivity contribution in [1.82, 2.24) is 0 Å². The van der Waals surface area contributed by atoms with Gasteiger partial charge in [-0.25, -0.2) is 0 Å². The standard InChI is InChI=1S/C9H7NO2/c11-6-9(12)5-10-8-4-2-1-3-7(8)9/h1-6,12H. The van der Waals surface area contributed by atoms with Crippen LogP contribution in [0.15, 0.2) is 29.3 Å². The molecule has 1 aliphatic rings. The highest BCUT2D eigenvalue weighted by atomic mass is 16.3. The normalized spacial score (nSPS) is 25.4. The van der Waals surface area contributed by atoms with E-state index in [2.05, 4.69) is 4.99 Å². The van der Waals surface area contributed by atoms with Gasteiger partial charge in [0, 0.05) is 11.8 Å². The smallest absolute Gasteiger partial charge is 0.182 e. The van der Waals surface area contributed by atoms with E-state index in [-0.39, 0.29) is 0 Å². The lowest BCUT2D eigenvalue weighted by Crippen LogP contribution is -2.26. The second kappa shape index (κ2) is 2.25. The second-order valence-corrected chi connectivity index (χ2v) is 2.72. The number of hydrogen-bond acceptors (Lipinski definition) is 3. The quantitative estimate of drug-likeness (QED) is 0.619. The third-order valence-electron chi connectivity index (χ3n) is 1.92. The van der Waals surface area contributed by atoms with Gasteiger partial charge in [-0.05, 0) is 6.07 Å². The molecule has 1 unspecified atom stereocenters. The van der Waals surface area contributed by atoms with Crippen molar-refractivity contribution in [2.75, 3.05) is 0 Å². The Morgan fingerprint density at radius 2 is 2.17 bits per heavy atom. The molecule has 3 heteroatoms. The molecule has 1 aliphatic heterocycles. The van der Waals surface area contributed by atoms with Crippen molar-refractivity contribution in [3.63, 3.8) is 0 Å². The van der Waals surface area contributed by atoms with Gasteiger partial charge in [0.05, 0.1) is 5.69 Å². The number of aliphatic hydroxyl groups is 1. The molecular formula is C9H7NO2. The monoisotopic (exact) mass is 161 g/mol. The molecule has 0 radical (unpaired) electrons. The lowest BCUT2D eigenvalue weighted by molar-refractivity contribution is -0.118. The highest BCUT2D eigenvalue weighted by Crippen LogP contribution is 2.32. The van der Waals surface area contributed by atoms with Crippen LogP contribution in [0.1, 0.15) is 5.56 Å². The van der Waals surface area contributed by atoms with Gasteiger partial charge in [0.2, 0.25) is 0 Å². The van der Waals surface area contributed by atoms with Crippen LogP contribution in [0.2, 0.25) is 0 Å². The number of aliphatic imine (C=N–C) groups is 1. The highest BCUT2D eigenvalue weighted by Gasteiger charge is 2.32. The van der Waals surface area contributed by atoms with Crippen LogP contribution >= 0.6 is 0 Å².